The van der Waals surface area contributed by atoms with Gasteiger partial charge in [-0.05, 0) is 19.3 Å². The van der Waals surface area contributed by atoms with Crippen molar-refractivity contribution in [1.29, 1.82) is 0 Å². The molecule has 0 spiro atoms. The van der Waals surface area contributed by atoms with E-state index in [1.54, 1.807) is 6.92 Å². The Morgan fingerprint density at radius 1 is 1.54 bits per heavy atom. The van der Waals surface area contributed by atoms with E-state index in [2.05, 4.69) is 4.72 Å². The van der Waals surface area contributed by atoms with E-state index in [0.29, 0.717) is 19.3 Å². The van der Waals surface area contributed by atoms with Crippen LogP contribution in [0, 0.1) is 0 Å². The smallest absolute Gasteiger partial charge is 0.212 e. The third-order valence-corrected chi connectivity index (χ3v) is 3.69. The molecule has 0 aliphatic heterocycles. The lowest BCUT2D eigenvalue weighted by Gasteiger charge is -2.10. The van der Waals surface area contributed by atoms with Crippen LogP contribution in [0.4, 0.5) is 0 Å². The second kappa shape index (κ2) is 4.19. The van der Waals surface area contributed by atoms with Crippen LogP contribution in [0.2, 0.25) is 0 Å². The molecule has 0 bridgehead atoms. The number of rotatable bonds is 4. The Bertz CT molecular complexity index is 284. The van der Waals surface area contributed by atoms with Crippen molar-refractivity contribution in [2.75, 3.05) is 5.75 Å². The van der Waals surface area contributed by atoms with Gasteiger partial charge < -0.3 is 0 Å². The first kappa shape index (κ1) is 10.7. The molecule has 4 nitrogen and oxygen atoms in total. The first-order valence-corrected chi connectivity index (χ1v) is 6.23. The van der Waals surface area contributed by atoms with Gasteiger partial charge in [0.1, 0.15) is 0 Å². The Hall–Kier alpha value is -0.420. The lowest BCUT2D eigenvalue weighted by Crippen LogP contribution is -2.38. The van der Waals surface area contributed by atoms with Gasteiger partial charge in [-0.3, -0.25) is 4.79 Å². The maximum atomic E-state index is 11.3. The third kappa shape index (κ3) is 3.08. The molecule has 1 atom stereocenters. The van der Waals surface area contributed by atoms with Gasteiger partial charge in [-0.15, -0.1) is 0 Å². The Labute approximate surface area is 78.8 Å². The quantitative estimate of drug-likeness (QED) is 0.724. The molecule has 0 amide bonds. The maximum absolute atomic E-state index is 11.3. The zero-order valence-electron chi connectivity index (χ0n) is 7.75. The molecular weight excluding hydrogens is 190 g/mol. The SMILES string of the molecule is CCCS(=O)(=O)NC1CCCC1=O. The molecule has 1 fully saturated rings. The molecule has 0 aromatic heterocycles. The fourth-order valence-corrected chi connectivity index (χ4v) is 2.82. The first-order valence-electron chi connectivity index (χ1n) is 4.58. The second-order valence-electron chi connectivity index (χ2n) is 3.35. The zero-order chi connectivity index (χ0) is 9.90. The molecule has 1 unspecified atom stereocenters. The highest BCUT2D eigenvalue weighted by molar-refractivity contribution is 7.89. The van der Waals surface area contributed by atoms with Crippen LogP contribution in [0.25, 0.3) is 0 Å². The van der Waals surface area contributed by atoms with E-state index in [1.807, 2.05) is 0 Å². The molecule has 1 N–H and O–H groups in total. The van der Waals surface area contributed by atoms with Gasteiger partial charge in [-0.2, -0.15) is 0 Å². The minimum Gasteiger partial charge on any atom is -0.298 e. The van der Waals surface area contributed by atoms with Gasteiger partial charge in [-0.25, -0.2) is 13.1 Å². The average Bonchev–Trinajstić information content (AvgIpc) is 2.35. The van der Waals surface area contributed by atoms with Crippen molar-refractivity contribution in [2.45, 2.75) is 38.6 Å². The Morgan fingerprint density at radius 3 is 2.69 bits per heavy atom. The van der Waals surface area contributed by atoms with Gasteiger partial charge in [0.05, 0.1) is 11.8 Å². The summed E-state index contributed by atoms with van der Waals surface area (Å²) in [7, 11) is -3.22. The van der Waals surface area contributed by atoms with Crippen molar-refractivity contribution in [3.05, 3.63) is 0 Å². The van der Waals surface area contributed by atoms with Crippen molar-refractivity contribution in [3.8, 4) is 0 Å². The second-order valence-corrected chi connectivity index (χ2v) is 5.22. The molecule has 1 rings (SSSR count). The van der Waals surface area contributed by atoms with Gasteiger partial charge in [0, 0.05) is 6.42 Å². The first-order chi connectivity index (χ1) is 6.05. The largest absolute Gasteiger partial charge is 0.298 e. The summed E-state index contributed by atoms with van der Waals surface area (Å²) >= 11 is 0. The minimum atomic E-state index is -3.22. The number of hydrogen-bond acceptors (Lipinski definition) is 3. The van der Waals surface area contributed by atoms with Crippen LogP contribution in [-0.2, 0) is 14.8 Å². The molecule has 1 aliphatic carbocycles. The summed E-state index contributed by atoms with van der Waals surface area (Å²) in [6, 6.07) is -0.448. The van der Waals surface area contributed by atoms with Crippen molar-refractivity contribution >= 4 is 15.8 Å². The van der Waals surface area contributed by atoms with Crippen LogP contribution >= 0.6 is 0 Å². The van der Waals surface area contributed by atoms with Crippen LogP contribution in [0.1, 0.15) is 32.6 Å². The fourth-order valence-electron chi connectivity index (χ4n) is 1.48. The highest BCUT2D eigenvalue weighted by Crippen LogP contribution is 2.15. The summed E-state index contributed by atoms with van der Waals surface area (Å²) in [5.74, 6) is 0.135. The van der Waals surface area contributed by atoms with Crippen LogP contribution in [0.5, 0.6) is 0 Å². The molecule has 1 aliphatic rings. The number of carbonyl (C=O) groups is 1. The van der Waals surface area contributed by atoms with Gasteiger partial charge in [0.15, 0.2) is 5.78 Å². The summed E-state index contributed by atoms with van der Waals surface area (Å²) in [5.41, 5.74) is 0. The van der Waals surface area contributed by atoms with Gasteiger partial charge in [0.25, 0.3) is 0 Å². The predicted octanol–water partition coefficient (Wildman–Crippen LogP) is 0.437. The molecule has 76 valence electrons. The van der Waals surface area contributed by atoms with E-state index in [9.17, 15) is 13.2 Å². The molecule has 0 radical (unpaired) electrons. The van der Waals surface area contributed by atoms with Gasteiger partial charge >= 0.3 is 0 Å². The normalized spacial score (nSPS) is 23.8. The van der Waals surface area contributed by atoms with Gasteiger partial charge in [-0.1, -0.05) is 6.92 Å². The number of ketones is 1. The number of hydrogen-bond donors (Lipinski definition) is 1. The molecular formula is C8H15NO3S. The van der Waals surface area contributed by atoms with Crippen molar-refractivity contribution in [3.63, 3.8) is 0 Å². The molecule has 0 aromatic carbocycles. The Morgan fingerprint density at radius 2 is 2.23 bits per heavy atom. The number of sulfonamides is 1. The highest BCUT2D eigenvalue weighted by Gasteiger charge is 2.27. The highest BCUT2D eigenvalue weighted by atomic mass is 32.2. The molecule has 0 saturated heterocycles. The third-order valence-electron chi connectivity index (χ3n) is 2.10. The lowest BCUT2D eigenvalue weighted by atomic mass is 10.3. The summed E-state index contributed by atoms with van der Waals surface area (Å²) in [4.78, 5) is 11.1. The summed E-state index contributed by atoms with van der Waals surface area (Å²) in [6.07, 6.45) is 2.55. The van der Waals surface area contributed by atoms with Crippen LogP contribution in [-0.4, -0.2) is 26.0 Å². The standard InChI is InChI=1S/C8H15NO3S/c1-2-6-13(11,12)9-7-4-3-5-8(7)10/h7,9H,2-6H2,1H3. The summed E-state index contributed by atoms with van der Waals surface area (Å²) in [6.45, 7) is 1.80. The molecule has 1 saturated carbocycles. The van der Waals surface area contributed by atoms with E-state index in [0.717, 1.165) is 6.42 Å². The minimum absolute atomic E-state index is 0.0275. The topological polar surface area (TPSA) is 63.2 Å². The summed E-state index contributed by atoms with van der Waals surface area (Å²) < 4.78 is 25.0. The van der Waals surface area contributed by atoms with E-state index >= 15 is 0 Å². The van der Waals surface area contributed by atoms with E-state index in [-0.39, 0.29) is 11.5 Å². The fraction of sp³-hybridized carbons (Fsp3) is 0.875. The van der Waals surface area contributed by atoms with Crippen LogP contribution in [0.3, 0.4) is 0 Å². The predicted molar refractivity (Wildman–Crippen MR) is 49.9 cm³/mol. The summed E-state index contributed by atoms with van der Waals surface area (Å²) in [5, 5.41) is 0. The average molecular weight is 205 g/mol. The number of Topliss-reactive ketones (excluding diaryl/α,β-unsaturated/α-hetero) is 1. The Kier molecular flexibility index (Phi) is 3.44. The lowest BCUT2D eigenvalue weighted by molar-refractivity contribution is -0.118. The van der Waals surface area contributed by atoms with Crippen LogP contribution < -0.4 is 4.72 Å². The monoisotopic (exact) mass is 205 g/mol. The van der Waals surface area contributed by atoms with Crippen molar-refractivity contribution in [1.82, 2.24) is 4.72 Å². The van der Waals surface area contributed by atoms with E-state index in [4.69, 9.17) is 0 Å². The Balaban J connectivity index is 2.52. The zero-order valence-corrected chi connectivity index (χ0v) is 8.56. The number of carbonyl (C=O) groups excluding carboxylic acids is 1. The van der Waals surface area contributed by atoms with Gasteiger partial charge in [0.2, 0.25) is 10.0 Å². The maximum Gasteiger partial charge on any atom is 0.212 e. The van der Waals surface area contributed by atoms with Crippen molar-refractivity contribution in [2.24, 2.45) is 0 Å². The van der Waals surface area contributed by atoms with Crippen molar-refractivity contribution < 1.29 is 13.2 Å². The molecule has 0 aromatic rings. The molecule has 13 heavy (non-hydrogen) atoms. The van der Waals surface area contributed by atoms with E-state index in [1.165, 1.54) is 0 Å². The molecule has 0 heterocycles. The van der Waals surface area contributed by atoms with Crippen LogP contribution in [0.15, 0.2) is 0 Å². The molecule has 5 heteroatoms. The number of nitrogens with one attached hydrogen (secondary N) is 1. The van der Waals surface area contributed by atoms with E-state index < -0.39 is 16.1 Å².